The van der Waals surface area contributed by atoms with E-state index in [2.05, 4.69) is 5.32 Å². The van der Waals surface area contributed by atoms with E-state index in [1.165, 1.54) is 12.1 Å². The van der Waals surface area contributed by atoms with E-state index in [0.717, 1.165) is 31.7 Å². The number of ether oxygens (including phenoxy) is 1. The van der Waals surface area contributed by atoms with Crippen LogP contribution in [-0.4, -0.2) is 37.2 Å². The van der Waals surface area contributed by atoms with E-state index < -0.39 is 11.7 Å². The van der Waals surface area contributed by atoms with Crippen LogP contribution in [0, 0.1) is 0 Å². The predicted octanol–water partition coefficient (Wildman–Crippen LogP) is 3.81. The number of likely N-dealkylation sites (tertiary alicyclic amines) is 1. The summed E-state index contributed by atoms with van der Waals surface area (Å²) in [6, 6.07) is 5.08. The quantitative estimate of drug-likeness (QED) is 0.883. The highest BCUT2D eigenvalue weighted by molar-refractivity contribution is 5.74. The van der Waals surface area contributed by atoms with E-state index >= 15 is 0 Å². The summed E-state index contributed by atoms with van der Waals surface area (Å²) in [6.07, 6.45) is -0.822. The zero-order valence-electron chi connectivity index (χ0n) is 13.7. The monoisotopic (exact) mass is 344 g/mol. The van der Waals surface area contributed by atoms with Gasteiger partial charge in [0.05, 0.1) is 5.56 Å². The second-order valence-electron chi connectivity index (χ2n) is 5.94. The van der Waals surface area contributed by atoms with Gasteiger partial charge in [0.15, 0.2) is 0 Å². The number of alkyl halides is 3. The Morgan fingerprint density at radius 1 is 1.33 bits per heavy atom. The minimum Gasteiger partial charge on any atom is -0.385 e. The number of piperidine rings is 1. The van der Waals surface area contributed by atoms with Crippen LogP contribution < -0.4 is 5.32 Å². The Labute approximate surface area is 140 Å². The van der Waals surface area contributed by atoms with Crippen LogP contribution in [0.1, 0.15) is 36.8 Å². The molecule has 1 N–H and O–H groups in total. The number of urea groups is 1. The lowest BCUT2D eigenvalue weighted by molar-refractivity contribution is -0.138. The first kappa shape index (κ1) is 18.6. The van der Waals surface area contributed by atoms with Gasteiger partial charge in [-0.2, -0.15) is 13.2 Å². The van der Waals surface area contributed by atoms with Crippen LogP contribution in [-0.2, 0) is 17.5 Å². The maximum atomic E-state index is 13.0. The van der Waals surface area contributed by atoms with Crippen LogP contribution in [0.5, 0.6) is 0 Å². The van der Waals surface area contributed by atoms with Gasteiger partial charge in [0.1, 0.15) is 0 Å². The second-order valence-corrected chi connectivity index (χ2v) is 5.94. The van der Waals surface area contributed by atoms with E-state index in [-0.39, 0.29) is 24.2 Å². The first-order valence-electron chi connectivity index (χ1n) is 8.12. The first-order valence-corrected chi connectivity index (χ1v) is 8.12. The van der Waals surface area contributed by atoms with Crippen LogP contribution in [0.4, 0.5) is 18.0 Å². The SMILES string of the molecule is COCC[C@@H]1CCCCN1C(=O)NCc1ccccc1C(F)(F)F. The molecule has 0 radical (unpaired) electrons. The lowest BCUT2D eigenvalue weighted by Crippen LogP contribution is -2.48. The zero-order chi connectivity index (χ0) is 17.6. The molecule has 0 aliphatic carbocycles. The van der Waals surface area contributed by atoms with Gasteiger partial charge in [0.2, 0.25) is 0 Å². The summed E-state index contributed by atoms with van der Waals surface area (Å²) in [7, 11) is 1.61. The maximum absolute atomic E-state index is 13.0. The molecule has 0 spiro atoms. The number of halogens is 3. The number of rotatable bonds is 5. The third-order valence-electron chi connectivity index (χ3n) is 4.30. The molecule has 1 heterocycles. The van der Waals surface area contributed by atoms with Gasteiger partial charge in [-0.25, -0.2) is 4.79 Å². The molecule has 0 bridgehead atoms. The molecule has 4 nitrogen and oxygen atoms in total. The van der Waals surface area contributed by atoms with Gasteiger partial charge in [-0.3, -0.25) is 0 Å². The molecule has 0 saturated carbocycles. The summed E-state index contributed by atoms with van der Waals surface area (Å²) in [5.74, 6) is 0. The van der Waals surface area contributed by atoms with Crippen molar-refractivity contribution in [3.05, 3.63) is 35.4 Å². The fraction of sp³-hybridized carbons (Fsp3) is 0.588. The van der Waals surface area contributed by atoms with E-state index in [1.54, 1.807) is 18.1 Å². The summed E-state index contributed by atoms with van der Waals surface area (Å²) in [5, 5.41) is 2.63. The molecule has 24 heavy (non-hydrogen) atoms. The predicted molar refractivity (Wildman–Crippen MR) is 84.5 cm³/mol. The van der Waals surface area contributed by atoms with Gasteiger partial charge in [-0.05, 0) is 37.3 Å². The standard InChI is InChI=1S/C17H23F3N2O2/c1-24-11-9-14-7-4-5-10-22(14)16(23)21-12-13-6-2-3-8-15(13)17(18,19)20/h2-3,6,8,14H,4-5,7,9-12H2,1H3,(H,21,23)/t14-/m0/s1. The van der Waals surface area contributed by atoms with Gasteiger partial charge in [0, 0.05) is 32.8 Å². The van der Waals surface area contributed by atoms with Crippen LogP contribution in [0.15, 0.2) is 24.3 Å². The fourth-order valence-electron chi connectivity index (χ4n) is 3.05. The van der Waals surface area contributed by atoms with Crippen LogP contribution >= 0.6 is 0 Å². The molecule has 1 fully saturated rings. The number of methoxy groups -OCH3 is 1. The largest absolute Gasteiger partial charge is 0.416 e. The summed E-state index contributed by atoms with van der Waals surface area (Å²) < 4.78 is 44.0. The number of carbonyl (C=O) groups excluding carboxylic acids is 1. The van der Waals surface area contributed by atoms with Crippen molar-refractivity contribution in [2.75, 3.05) is 20.3 Å². The summed E-state index contributed by atoms with van der Waals surface area (Å²) in [5.41, 5.74) is -0.635. The molecule has 1 saturated heterocycles. The lowest BCUT2D eigenvalue weighted by Gasteiger charge is -2.35. The fourth-order valence-corrected chi connectivity index (χ4v) is 3.05. The lowest BCUT2D eigenvalue weighted by atomic mass is 10.00. The molecule has 2 rings (SSSR count). The van der Waals surface area contributed by atoms with E-state index in [0.29, 0.717) is 13.2 Å². The van der Waals surface area contributed by atoms with Crippen molar-refractivity contribution in [3.8, 4) is 0 Å². The Hall–Kier alpha value is -1.76. The first-order chi connectivity index (χ1) is 11.4. The average Bonchev–Trinajstić information content (AvgIpc) is 2.57. The molecule has 7 heteroatoms. The van der Waals surface area contributed by atoms with Crippen molar-refractivity contribution < 1.29 is 22.7 Å². The molecule has 1 aliphatic rings. The smallest absolute Gasteiger partial charge is 0.385 e. The third-order valence-corrected chi connectivity index (χ3v) is 4.30. The third kappa shape index (κ3) is 4.87. The summed E-state index contributed by atoms with van der Waals surface area (Å²) in [6.45, 7) is 1.05. The maximum Gasteiger partial charge on any atom is 0.416 e. The molecule has 1 aliphatic heterocycles. The van der Waals surface area contributed by atoms with E-state index in [1.807, 2.05) is 0 Å². The molecular weight excluding hydrogens is 321 g/mol. The van der Waals surface area contributed by atoms with Crippen molar-refractivity contribution in [2.45, 2.75) is 44.4 Å². The number of amides is 2. The van der Waals surface area contributed by atoms with Crippen molar-refractivity contribution in [2.24, 2.45) is 0 Å². The van der Waals surface area contributed by atoms with Gasteiger partial charge in [-0.15, -0.1) is 0 Å². The minimum absolute atomic E-state index is 0.0730. The number of benzene rings is 1. The van der Waals surface area contributed by atoms with Crippen molar-refractivity contribution >= 4 is 6.03 Å². The number of hydrogen-bond acceptors (Lipinski definition) is 2. The Morgan fingerprint density at radius 3 is 2.79 bits per heavy atom. The molecule has 2 amide bonds. The molecule has 0 aromatic heterocycles. The number of hydrogen-bond donors (Lipinski definition) is 1. The average molecular weight is 344 g/mol. The number of nitrogens with one attached hydrogen (secondary N) is 1. The topological polar surface area (TPSA) is 41.6 Å². The minimum atomic E-state index is -4.42. The Bertz CT molecular complexity index is 549. The molecule has 1 atom stereocenters. The van der Waals surface area contributed by atoms with Gasteiger partial charge < -0.3 is 15.0 Å². The Balaban J connectivity index is 1.99. The molecule has 1 aromatic carbocycles. The molecular formula is C17H23F3N2O2. The van der Waals surface area contributed by atoms with Crippen molar-refractivity contribution in [1.29, 1.82) is 0 Å². The van der Waals surface area contributed by atoms with Gasteiger partial charge in [0.25, 0.3) is 0 Å². The summed E-state index contributed by atoms with van der Waals surface area (Å²) >= 11 is 0. The second kappa shape index (κ2) is 8.37. The highest BCUT2D eigenvalue weighted by atomic mass is 19.4. The highest BCUT2D eigenvalue weighted by Gasteiger charge is 2.33. The molecule has 134 valence electrons. The summed E-state index contributed by atoms with van der Waals surface area (Å²) in [4.78, 5) is 14.1. The van der Waals surface area contributed by atoms with Crippen LogP contribution in [0.2, 0.25) is 0 Å². The number of nitrogens with zero attached hydrogens (tertiary/aromatic N) is 1. The highest BCUT2D eigenvalue weighted by Crippen LogP contribution is 2.31. The van der Waals surface area contributed by atoms with Crippen molar-refractivity contribution in [3.63, 3.8) is 0 Å². The van der Waals surface area contributed by atoms with E-state index in [9.17, 15) is 18.0 Å². The van der Waals surface area contributed by atoms with Gasteiger partial charge >= 0.3 is 12.2 Å². The van der Waals surface area contributed by atoms with E-state index in [4.69, 9.17) is 4.74 Å². The zero-order valence-corrected chi connectivity index (χ0v) is 13.7. The molecule has 0 unspecified atom stereocenters. The van der Waals surface area contributed by atoms with Gasteiger partial charge in [-0.1, -0.05) is 18.2 Å². The Morgan fingerprint density at radius 2 is 2.08 bits per heavy atom. The van der Waals surface area contributed by atoms with Crippen molar-refractivity contribution in [1.82, 2.24) is 10.2 Å². The van der Waals surface area contributed by atoms with Crippen LogP contribution in [0.25, 0.3) is 0 Å². The normalized spacial score (nSPS) is 18.5. The van der Waals surface area contributed by atoms with Crippen LogP contribution in [0.3, 0.4) is 0 Å². The Kier molecular flexibility index (Phi) is 6.48. The number of carbonyl (C=O) groups is 1. The molecule has 1 aromatic rings.